The molecule has 0 spiro atoms. The SMILES string of the molecule is CCN(C(=O)CN1CCOc2ccc(N)cc21)c1cccc(C)c1. The predicted octanol–water partition coefficient (Wildman–Crippen LogP) is 2.83. The number of ether oxygens (including phenoxy) is 1. The van der Waals surface area contributed by atoms with Crippen LogP contribution in [0.1, 0.15) is 12.5 Å². The first-order valence-electron chi connectivity index (χ1n) is 8.23. The van der Waals surface area contributed by atoms with Gasteiger partial charge in [0.1, 0.15) is 12.4 Å². The van der Waals surface area contributed by atoms with Gasteiger partial charge in [0.25, 0.3) is 0 Å². The van der Waals surface area contributed by atoms with Crippen molar-refractivity contribution in [1.82, 2.24) is 0 Å². The summed E-state index contributed by atoms with van der Waals surface area (Å²) in [4.78, 5) is 16.7. The molecule has 0 bridgehead atoms. The summed E-state index contributed by atoms with van der Waals surface area (Å²) in [6, 6.07) is 13.6. The third-order valence-corrected chi connectivity index (χ3v) is 4.20. The summed E-state index contributed by atoms with van der Waals surface area (Å²) in [5.74, 6) is 0.847. The van der Waals surface area contributed by atoms with Crippen LogP contribution in [0.2, 0.25) is 0 Å². The minimum Gasteiger partial charge on any atom is -0.490 e. The molecule has 2 aromatic carbocycles. The molecule has 0 saturated carbocycles. The summed E-state index contributed by atoms with van der Waals surface area (Å²) in [5.41, 5.74) is 9.52. The van der Waals surface area contributed by atoms with Crippen molar-refractivity contribution in [3.63, 3.8) is 0 Å². The Morgan fingerprint density at radius 1 is 1.29 bits per heavy atom. The van der Waals surface area contributed by atoms with E-state index in [4.69, 9.17) is 10.5 Å². The van der Waals surface area contributed by atoms with E-state index >= 15 is 0 Å². The van der Waals surface area contributed by atoms with Crippen LogP contribution in [0.25, 0.3) is 0 Å². The minimum atomic E-state index is 0.0679. The van der Waals surface area contributed by atoms with Crippen LogP contribution in [0.5, 0.6) is 5.75 Å². The van der Waals surface area contributed by atoms with Crippen molar-refractivity contribution in [3.05, 3.63) is 48.0 Å². The summed E-state index contributed by atoms with van der Waals surface area (Å²) in [5, 5.41) is 0. The first-order chi connectivity index (χ1) is 11.6. The molecule has 0 saturated heterocycles. The molecule has 0 aliphatic carbocycles. The molecule has 2 aromatic rings. The second-order valence-corrected chi connectivity index (χ2v) is 5.97. The number of benzene rings is 2. The van der Waals surface area contributed by atoms with Crippen LogP contribution < -0.4 is 20.3 Å². The Kier molecular flexibility index (Phi) is 4.60. The van der Waals surface area contributed by atoms with Crippen LogP contribution in [0.3, 0.4) is 0 Å². The Balaban J connectivity index is 1.81. The van der Waals surface area contributed by atoms with Crippen molar-refractivity contribution in [2.75, 3.05) is 41.8 Å². The average Bonchev–Trinajstić information content (AvgIpc) is 2.56. The number of amides is 1. The highest BCUT2D eigenvalue weighted by molar-refractivity contribution is 5.96. The van der Waals surface area contributed by atoms with E-state index < -0.39 is 0 Å². The molecule has 2 N–H and O–H groups in total. The number of nitrogens with two attached hydrogens (primary N) is 1. The van der Waals surface area contributed by atoms with E-state index in [0.717, 1.165) is 22.7 Å². The average molecular weight is 325 g/mol. The van der Waals surface area contributed by atoms with Crippen molar-refractivity contribution in [2.24, 2.45) is 0 Å². The van der Waals surface area contributed by atoms with Gasteiger partial charge in [0.15, 0.2) is 0 Å². The minimum absolute atomic E-state index is 0.0679. The van der Waals surface area contributed by atoms with Gasteiger partial charge in [-0.15, -0.1) is 0 Å². The lowest BCUT2D eigenvalue weighted by molar-refractivity contribution is -0.117. The van der Waals surface area contributed by atoms with E-state index in [1.807, 2.05) is 66.1 Å². The van der Waals surface area contributed by atoms with Gasteiger partial charge in [-0.05, 0) is 49.7 Å². The van der Waals surface area contributed by atoms with Crippen molar-refractivity contribution in [2.45, 2.75) is 13.8 Å². The second kappa shape index (κ2) is 6.83. The Bertz CT molecular complexity index is 745. The van der Waals surface area contributed by atoms with Gasteiger partial charge in [-0.3, -0.25) is 4.79 Å². The highest BCUT2D eigenvalue weighted by Crippen LogP contribution is 2.33. The van der Waals surface area contributed by atoms with E-state index in [9.17, 15) is 4.79 Å². The first kappa shape index (κ1) is 16.2. The number of nitrogens with zero attached hydrogens (tertiary/aromatic N) is 2. The highest BCUT2D eigenvalue weighted by atomic mass is 16.5. The number of nitrogen functional groups attached to an aromatic ring is 1. The van der Waals surface area contributed by atoms with Crippen LogP contribution in [-0.4, -0.2) is 32.1 Å². The maximum atomic E-state index is 12.9. The molecule has 0 radical (unpaired) electrons. The lowest BCUT2D eigenvalue weighted by atomic mass is 10.2. The zero-order valence-corrected chi connectivity index (χ0v) is 14.2. The largest absolute Gasteiger partial charge is 0.490 e. The molecular formula is C19H23N3O2. The quantitative estimate of drug-likeness (QED) is 0.878. The Labute approximate surface area is 142 Å². The number of likely N-dealkylation sites (N-methyl/N-ethyl adjacent to an activating group) is 1. The zero-order chi connectivity index (χ0) is 17.1. The molecule has 0 fully saturated rings. The molecule has 126 valence electrons. The smallest absolute Gasteiger partial charge is 0.246 e. The van der Waals surface area contributed by atoms with Crippen LogP contribution >= 0.6 is 0 Å². The molecule has 24 heavy (non-hydrogen) atoms. The van der Waals surface area contributed by atoms with Gasteiger partial charge in [-0.2, -0.15) is 0 Å². The molecule has 5 nitrogen and oxygen atoms in total. The van der Waals surface area contributed by atoms with Gasteiger partial charge in [0, 0.05) is 17.9 Å². The van der Waals surface area contributed by atoms with Crippen molar-refractivity contribution in [1.29, 1.82) is 0 Å². The lowest BCUT2D eigenvalue weighted by Gasteiger charge is -2.32. The van der Waals surface area contributed by atoms with E-state index in [1.165, 1.54) is 0 Å². The molecule has 5 heteroatoms. The summed E-state index contributed by atoms with van der Waals surface area (Å²) in [6.07, 6.45) is 0. The standard InChI is InChI=1S/C19H23N3O2/c1-3-22(16-6-4-5-14(2)11-16)19(23)13-21-9-10-24-18-8-7-15(20)12-17(18)21/h4-8,11-12H,3,9-10,13,20H2,1-2H3. The van der Waals surface area contributed by atoms with Crippen LogP contribution in [0.15, 0.2) is 42.5 Å². The Hall–Kier alpha value is -2.69. The Morgan fingerprint density at radius 3 is 2.88 bits per heavy atom. The fraction of sp³-hybridized carbons (Fsp3) is 0.316. The number of hydrogen-bond donors (Lipinski definition) is 1. The fourth-order valence-electron chi connectivity index (χ4n) is 3.00. The molecule has 0 unspecified atom stereocenters. The normalized spacial score (nSPS) is 13.2. The maximum absolute atomic E-state index is 12.9. The monoisotopic (exact) mass is 325 g/mol. The second-order valence-electron chi connectivity index (χ2n) is 5.97. The summed E-state index contributed by atoms with van der Waals surface area (Å²) in [7, 11) is 0. The molecule has 1 aliphatic rings. The molecular weight excluding hydrogens is 302 g/mol. The fourth-order valence-corrected chi connectivity index (χ4v) is 3.00. The molecule has 0 aromatic heterocycles. The van der Waals surface area contributed by atoms with Gasteiger partial charge in [0.2, 0.25) is 5.91 Å². The lowest BCUT2D eigenvalue weighted by Crippen LogP contribution is -2.43. The first-order valence-corrected chi connectivity index (χ1v) is 8.23. The number of hydrogen-bond acceptors (Lipinski definition) is 4. The van der Waals surface area contributed by atoms with Gasteiger partial charge in [-0.25, -0.2) is 0 Å². The number of fused-ring (bicyclic) bond motifs is 1. The number of carbonyl (C=O) groups is 1. The molecule has 1 heterocycles. The van der Waals surface area contributed by atoms with Gasteiger partial charge in [-0.1, -0.05) is 12.1 Å². The van der Waals surface area contributed by atoms with E-state index in [2.05, 4.69) is 0 Å². The summed E-state index contributed by atoms with van der Waals surface area (Å²) >= 11 is 0. The molecule has 1 amide bonds. The van der Waals surface area contributed by atoms with Crippen molar-refractivity contribution in [3.8, 4) is 5.75 Å². The van der Waals surface area contributed by atoms with Crippen molar-refractivity contribution >= 4 is 23.0 Å². The van der Waals surface area contributed by atoms with Gasteiger partial charge in [0.05, 0.1) is 18.8 Å². The van der Waals surface area contributed by atoms with Crippen LogP contribution in [0.4, 0.5) is 17.1 Å². The van der Waals surface area contributed by atoms with Crippen molar-refractivity contribution < 1.29 is 9.53 Å². The third kappa shape index (κ3) is 3.30. The molecule has 0 atom stereocenters. The van der Waals surface area contributed by atoms with Crippen LogP contribution in [0, 0.1) is 6.92 Å². The topological polar surface area (TPSA) is 58.8 Å². The number of aryl methyl sites for hydroxylation is 1. The van der Waals surface area contributed by atoms with Gasteiger partial charge >= 0.3 is 0 Å². The van der Waals surface area contributed by atoms with Crippen LogP contribution in [-0.2, 0) is 4.79 Å². The van der Waals surface area contributed by atoms with E-state index in [0.29, 0.717) is 31.9 Å². The molecule has 3 rings (SSSR count). The maximum Gasteiger partial charge on any atom is 0.246 e. The van der Waals surface area contributed by atoms with Gasteiger partial charge < -0.3 is 20.3 Å². The predicted molar refractivity (Wildman–Crippen MR) is 97.8 cm³/mol. The Morgan fingerprint density at radius 2 is 2.12 bits per heavy atom. The number of anilines is 3. The summed E-state index contributed by atoms with van der Waals surface area (Å²) in [6.45, 7) is 6.21. The van der Waals surface area contributed by atoms with E-state index in [-0.39, 0.29) is 5.91 Å². The van der Waals surface area contributed by atoms with E-state index in [1.54, 1.807) is 0 Å². The number of rotatable bonds is 4. The highest BCUT2D eigenvalue weighted by Gasteiger charge is 2.23. The number of carbonyl (C=O) groups excluding carboxylic acids is 1. The third-order valence-electron chi connectivity index (χ3n) is 4.20. The zero-order valence-electron chi connectivity index (χ0n) is 14.2. The summed E-state index contributed by atoms with van der Waals surface area (Å²) < 4.78 is 5.66. The molecule has 1 aliphatic heterocycles.